The fourth-order valence-electron chi connectivity index (χ4n) is 2.74. The van der Waals surface area contributed by atoms with Crippen molar-refractivity contribution in [3.05, 3.63) is 47.0 Å². The van der Waals surface area contributed by atoms with Gasteiger partial charge in [0.05, 0.1) is 0 Å². The summed E-state index contributed by atoms with van der Waals surface area (Å²) >= 11 is 6.33. The first-order valence-electron chi connectivity index (χ1n) is 7.63. The van der Waals surface area contributed by atoms with Gasteiger partial charge in [0.25, 0.3) is 0 Å². The molecule has 0 amide bonds. The molecule has 0 saturated heterocycles. The molecular weight excluding hydrogens is 278 g/mol. The number of nitrogens with one attached hydrogen (secondary N) is 1. The first kappa shape index (κ1) is 16.3. The summed E-state index contributed by atoms with van der Waals surface area (Å²) in [5, 5.41) is 6.83. The Morgan fingerprint density at radius 2 is 1.52 bits per heavy atom. The number of hydrogen-bond donors (Lipinski definition) is 1. The molecule has 2 aromatic rings. The minimum absolute atomic E-state index is 0.114. The Morgan fingerprint density at radius 3 is 2.14 bits per heavy atom. The highest BCUT2D eigenvalue weighted by atomic mass is 35.5. The molecule has 0 bridgehead atoms. The normalized spacial score (nSPS) is 12.9. The quantitative estimate of drug-likeness (QED) is 0.781. The van der Waals surface area contributed by atoms with Gasteiger partial charge >= 0.3 is 0 Å². The van der Waals surface area contributed by atoms with Gasteiger partial charge in [0, 0.05) is 15.9 Å². The number of fused-ring (bicyclic) bond motifs is 1. The number of halogens is 1. The van der Waals surface area contributed by atoms with E-state index in [4.69, 9.17) is 11.6 Å². The largest absolute Gasteiger partial charge is 0.312 e. The molecule has 0 aromatic heterocycles. The number of rotatable bonds is 4. The summed E-state index contributed by atoms with van der Waals surface area (Å²) in [4.78, 5) is 0. The standard InChI is InChI=1S/C19H26ClN/c1-18(2,3)21-13-12-19(4,5)16-10-11-17(20)15-9-7-6-8-14(15)16/h6-11,21H,12-13H2,1-5H3. The predicted octanol–water partition coefficient (Wildman–Crippen LogP) is 5.55. The second-order valence-corrected chi connectivity index (χ2v) is 7.86. The average molecular weight is 304 g/mol. The van der Waals surface area contributed by atoms with Crippen molar-refractivity contribution in [1.29, 1.82) is 0 Å². The smallest absolute Gasteiger partial charge is 0.0484 e. The molecule has 0 atom stereocenters. The maximum absolute atomic E-state index is 6.33. The van der Waals surface area contributed by atoms with Crippen LogP contribution in [-0.2, 0) is 5.41 Å². The van der Waals surface area contributed by atoms with E-state index in [1.54, 1.807) is 0 Å². The lowest BCUT2D eigenvalue weighted by atomic mass is 9.79. The van der Waals surface area contributed by atoms with Gasteiger partial charge in [-0.1, -0.05) is 55.8 Å². The van der Waals surface area contributed by atoms with E-state index in [1.165, 1.54) is 10.9 Å². The summed E-state index contributed by atoms with van der Waals surface area (Å²) in [5.41, 5.74) is 1.65. The molecule has 2 aromatic carbocycles. The van der Waals surface area contributed by atoms with Gasteiger partial charge in [0.2, 0.25) is 0 Å². The van der Waals surface area contributed by atoms with Crippen LogP contribution in [0.15, 0.2) is 36.4 Å². The molecule has 0 aliphatic heterocycles. The van der Waals surface area contributed by atoms with Crippen LogP contribution in [-0.4, -0.2) is 12.1 Å². The first-order valence-corrected chi connectivity index (χ1v) is 8.01. The monoisotopic (exact) mass is 303 g/mol. The number of hydrogen-bond acceptors (Lipinski definition) is 1. The summed E-state index contributed by atoms with van der Waals surface area (Å²) in [6.07, 6.45) is 1.09. The summed E-state index contributed by atoms with van der Waals surface area (Å²) in [5.74, 6) is 0. The van der Waals surface area contributed by atoms with Gasteiger partial charge in [0.1, 0.15) is 0 Å². The summed E-state index contributed by atoms with van der Waals surface area (Å²) in [6, 6.07) is 12.6. The van der Waals surface area contributed by atoms with Crippen molar-refractivity contribution in [3.63, 3.8) is 0 Å². The lowest BCUT2D eigenvalue weighted by Crippen LogP contribution is -2.38. The molecule has 21 heavy (non-hydrogen) atoms. The average Bonchev–Trinajstić information content (AvgIpc) is 2.37. The minimum Gasteiger partial charge on any atom is -0.312 e. The summed E-state index contributed by atoms with van der Waals surface area (Å²) in [7, 11) is 0. The van der Waals surface area contributed by atoms with Crippen molar-refractivity contribution < 1.29 is 0 Å². The molecule has 1 nitrogen and oxygen atoms in total. The third kappa shape index (κ3) is 3.99. The van der Waals surface area contributed by atoms with Crippen LogP contribution in [0, 0.1) is 0 Å². The maximum Gasteiger partial charge on any atom is 0.0484 e. The molecule has 0 radical (unpaired) electrons. The van der Waals surface area contributed by atoms with Crippen molar-refractivity contribution in [1.82, 2.24) is 5.32 Å². The Kier molecular flexibility index (Phi) is 4.65. The molecule has 2 heteroatoms. The van der Waals surface area contributed by atoms with Gasteiger partial charge in [-0.3, -0.25) is 0 Å². The highest BCUT2D eigenvalue weighted by Gasteiger charge is 2.23. The van der Waals surface area contributed by atoms with Crippen molar-refractivity contribution in [2.24, 2.45) is 0 Å². The minimum atomic E-state index is 0.114. The lowest BCUT2D eigenvalue weighted by Gasteiger charge is -2.29. The van der Waals surface area contributed by atoms with Crippen molar-refractivity contribution >= 4 is 22.4 Å². The summed E-state index contributed by atoms with van der Waals surface area (Å²) in [6.45, 7) is 12.3. The van der Waals surface area contributed by atoms with E-state index in [9.17, 15) is 0 Å². The Bertz CT molecular complexity index is 623. The molecular formula is C19H26ClN. The van der Waals surface area contributed by atoms with Crippen LogP contribution >= 0.6 is 11.6 Å². The van der Waals surface area contributed by atoms with Gasteiger partial charge in [-0.25, -0.2) is 0 Å². The lowest BCUT2D eigenvalue weighted by molar-refractivity contribution is 0.380. The highest BCUT2D eigenvalue weighted by Crippen LogP contribution is 2.35. The van der Waals surface area contributed by atoms with Crippen LogP contribution in [0.5, 0.6) is 0 Å². The van der Waals surface area contributed by atoms with Crippen LogP contribution in [0.1, 0.15) is 46.6 Å². The second kappa shape index (κ2) is 5.98. The molecule has 0 aliphatic rings. The van der Waals surface area contributed by atoms with Crippen LogP contribution in [0.4, 0.5) is 0 Å². The third-order valence-electron chi connectivity index (χ3n) is 4.01. The van der Waals surface area contributed by atoms with Crippen LogP contribution in [0.2, 0.25) is 5.02 Å². The Morgan fingerprint density at radius 1 is 0.905 bits per heavy atom. The summed E-state index contributed by atoms with van der Waals surface area (Å²) < 4.78 is 0. The zero-order chi connectivity index (χ0) is 15.7. The molecule has 0 fully saturated rings. The molecule has 0 unspecified atom stereocenters. The second-order valence-electron chi connectivity index (χ2n) is 7.45. The van der Waals surface area contributed by atoms with Crippen LogP contribution < -0.4 is 5.32 Å². The fraction of sp³-hybridized carbons (Fsp3) is 0.474. The van der Waals surface area contributed by atoms with Crippen molar-refractivity contribution in [2.75, 3.05) is 6.54 Å². The molecule has 114 valence electrons. The highest BCUT2D eigenvalue weighted by molar-refractivity contribution is 6.35. The van der Waals surface area contributed by atoms with Gasteiger partial charge in [-0.2, -0.15) is 0 Å². The van der Waals surface area contributed by atoms with E-state index in [0.717, 1.165) is 23.4 Å². The van der Waals surface area contributed by atoms with Gasteiger partial charge in [-0.15, -0.1) is 0 Å². The van der Waals surface area contributed by atoms with Crippen LogP contribution in [0.3, 0.4) is 0 Å². The first-order chi connectivity index (χ1) is 9.71. The maximum atomic E-state index is 6.33. The Hall–Kier alpha value is -1.05. The van der Waals surface area contributed by atoms with E-state index in [2.05, 4.69) is 64.2 Å². The van der Waals surface area contributed by atoms with E-state index in [0.29, 0.717) is 0 Å². The molecule has 0 spiro atoms. The van der Waals surface area contributed by atoms with Crippen LogP contribution in [0.25, 0.3) is 10.8 Å². The molecule has 0 aliphatic carbocycles. The Balaban J connectivity index is 2.30. The zero-order valence-corrected chi connectivity index (χ0v) is 14.5. The van der Waals surface area contributed by atoms with Crippen molar-refractivity contribution in [2.45, 2.75) is 52.0 Å². The van der Waals surface area contributed by atoms with Crippen molar-refractivity contribution in [3.8, 4) is 0 Å². The van der Waals surface area contributed by atoms with E-state index in [1.807, 2.05) is 12.1 Å². The third-order valence-corrected chi connectivity index (χ3v) is 4.33. The molecule has 2 rings (SSSR count). The molecule has 0 heterocycles. The fourth-order valence-corrected chi connectivity index (χ4v) is 2.96. The van der Waals surface area contributed by atoms with E-state index in [-0.39, 0.29) is 11.0 Å². The van der Waals surface area contributed by atoms with E-state index < -0.39 is 0 Å². The SMILES string of the molecule is CC(C)(C)NCCC(C)(C)c1ccc(Cl)c2ccccc12. The van der Waals surface area contributed by atoms with Gasteiger partial charge < -0.3 is 5.32 Å². The van der Waals surface area contributed by atoms with E-state index >= 15 is 0 Å². The Labute approximate surface area is 133 Å². The van der Waals surface area contributed by atoms with Gasteiger partial charge in [0.15, 0.2) is 0 Å². The zero-order valence-electron chi connectivity index (χ0n) is 13.8. The molecule has 1 N–H and O–H groups in total. The number of benzene rings is 2. The van der Waals surface area contributed by atoms with Gasteiger partial charge in [-0.05, 0) is 56.2 Å². The topological polar surface area (TPSA) is 12.0 Å². The predicted molar refractivity (Wildman–Crippen MR) is 94.4 cm³/mol. The molecule has 0 saturated carbocycles.